The van der Waals surface area contributed by atoms with Gasteiger partial charge in [-0.1, -0.05) is 60.7 Å². The van der Waals surface area contributed by atoms with Crippen molar-refractivity contribution in [1.82, 2.24) is 4.57 Å². The van der Waals surface area contributed by atoms with Crippen molar-refractivity contribution < 1.29 is 4.79 Å². The zero-order valence-corrected chi connectivity index (χ0v) is 15.6. The van der Waals surface area contributed by atoms with E-state index in [-0.39, 0.29) is 5.78 Å². The fourth-order valence-electron chi connectivity index (χ4n) is 3.81. The van der Waals surface area contributed by atoms with E-state index < -0.39 is 0 Å². The minimum atomic E-state index is 0.0878. The summed E-state index contributed by atoms with van der Waals surface area (Å²) in [4.78, 5) is 13.5. The Labute approximate surface area is 159 Å². The number of aromatic nitrogens is 1. The summed E-state index contributed by atoms with van der Waals surface area (Å²) < 4.78 is 2.20. The summed E-state index contributed by atoms with van der Waals surface area (Å²) >= 11 is 0. The van der Waals surface area contributed by atoms with Crippen molar-refractivity contribution in [2.24, 2.45) is 0 Å². The highest BCUT2D eigenvalue weighted by molar-refractivity contribution is 6.21. The van der Waals surface area contributed by atoms with Crippen molar-refractivity contribution in [2.45, 2.75) is 26.3 Å². The van der Waals surface area contributed by atoms with Crippen LogP contribution in [0.25, 0.3) is 21.7 Å². The number of fused-ring (bicyclic) bond motifs is 2. The van der Waals surface area contributed by atoms with E-state index in [2.05, 4.69) is 30.2 Å². The molecule has 0 aliphatic carbocycles. The average molecular weight is 353 g/mol. The summed E-state index contributed by atoms with van der Waals surface area (Å²) in [6.07, 6.45) is 5.95. The van der Waals surface area contributed by atoms with Gasteiger partial charge in [-0.3, -0.25) is 4.79 Å². The van der Waals surface area contributed by atoms with Gasteiger partial charge < -0.3 is 4.57 Å². The molecule has 2 nitrogen and oxygen atoms in total. The molecular weight excluding hydrogens is 330 g/mol. The molecular formula is C25H23NO. The van der Waals surface area contributed by atoms with Crippen LogP contribution in [0, 0.1) is 6.92 Å². The number of unbranched alkanes of at least 4 members (excludes halogenated alkanes) is 1. The van der Waals surface area contributed by atoms with Crippen LogP contribution in [0.3, 0.4) is 0 Å². The highest BCUT2D eigenvalue weighted by Gasteiger charge is 2.18. The maximum Gasteiger partial charge on any atom is 0.195 e. The molecule has 3 aromatic carbocycles. The third kappa shape index (κ3) is 3.08. The van der Waals surface area contributed by atoms with Crippen LogP contribution in [-0.2, 0) is 6.54 Å². The first-order valence-electron chi connectivity index (χ1n) is 9.42. The van der Waals surface area contributed by atoms with E-state index in [1.807, 2.05) is 60.8 Å². The molecule has 0 saturated carbocycles. The van der Waals surface area contributed by atoms with Gasteiger partial charge >= 0.3 is 0 Å². The van der Waals surface area contributed by atoms with Crippen molar-refractivity contribution in [3.63, 3.8) is 0 Å². The lowest BCUT2D eigenvalue weighted by Crippen LogP contribution is -2.02. The number of para-hydroxylation sites is 1. The molecule has 1 heterocycles. The Morgan fingerprint density at radius 1 is 0.926 bits per heavy atom. The van der Waals surface area contributed by atoms with Crippen LogP contribution >= 0.6 is 0 Å². The smallest absolute Gasteiger partial charge is 0.195 e. The van der Waals surface area contributed by atoms with Gasteiger partial charge in [-0.15, -0.1) is 6.58 Å². The van der Waals surface area contributed by atoms with Crippen LogP contribution in [0.5, 0.6) is 0 Å². The Bertz CT molecular complexity index is 1150. The minimum absolute atomic E-state index is 0.0878. The monoisotopic (exact) mass is 353 g/mol. The predicted octanol–water partition coefficient (Wildman–Crippen LogP) is 6.30. The van der Waals surface area contributed by atoms with Crippen molar-refractivity contribution in [2.75, 3.05) is 0 Å². The SMILES string of the molecule is C=CCCCn1cc(C(=O)c2ccc(C)c3ccccc23)c2ccccc21. The van der Waals surface area contributed by atoms with E-state index in [9.17, 15) is 4.79 Å². The van der Waals surface area contributed by atoms with Gasteiger partial charge in [0.05, 0.1) is 0 Å². The average Bonchev–Trinajstić information content (AvgIpc) is 3.07. The highest BCUT2D eigenvalue weighted by Crippen LogP contribution is 2.28. The maximum atomic E-state index is 13.5. The van der Waals surface area contributed by atoms with E-state index in [1.54, 1.807) is 0 Å². The second-order valence-electron chi connectivity index (χ2n) is 6.99. The Morgan fingerprint density at radius 2 is 1.63 bits per heavy atom. The first-order valence-corrected chi connectivity index (χ1v) is 9.42. The van der Waals surface area contributed by atoms with Crippen LogP contribution in [0.15, 0.2) is 79.5 Å². The first kappa shape index (κ1) is 17.3. The number of carbonyl (C=O) groups is 1. The fourth-order valence-corrected chi connectivity index (χ4v) is 3.81. The number of allylic oxidation sites excluding steroid dienone is 1. The van der Waals surface area contributed by atoms with Crippen molar-refractivity contribution in [3.05, 3.63) is 96.2 Å². The van der Waals surface area contributed by atoms with Crippen molar-refractivity contribution in [3.8, 4) is 0 Å². The van der Waals surface area contributed by atoms with Gasteiger partial charge in [0, 0.05) is 34.8 Å². The molecule has 4 rings (SSSR count). The van der Waals surface area contributed by atoms with Crippen LogP contribution in [-0.4, -0.2) is 10.4 Å². The zero-order valence-electron chi connectivity index (χ0n) is 15.6. The number of ketones is 1. The molecule has 0 N–H and O–H groups in total. The summed E-state index contributed by atoms with van der Waals surface area (Å²) in [7, 11) is 0. The topological polar surface area (TPSA) is 22.0 Å². The molecule has 2 heteroatoms. The molecule has 0 saturated heterocycles. The van der Waals surface area contributed by atoms with Crippen LogP contribution < -0.4 is 0 Å². The molecule has 0 unspecified atom stereocenters. The van der Waals surface area contributed by atoms with Crippen molar-refractivity contribution in [1.29, 1.82) is 0 Å². The second-order valence-corrected chi connectivity index (χ2v) is 6.99. The van der Waals surface area contributed by atoms with E-state index in [1.165, 1.54) is 5.56 Å². The quantitative estimate of drug-likeness (QED) is 0.226. The summed E-state index contributed by atoms with van der Waals surface area (Å²) in [6.45, 7) is 6.77. The van der Waals surface area contributed by atoms with Gasteiger partial charge in [-0.05, 0) is 42.2 Å². The van der Waals surface area contributed by atoms with Gasteiger partial charge in [-0.25, -0.2) is 0 Å². The summed E-state index contributed by atoms with van der Waals surface area (Å²) in [5.74, 6) is 0.0878. The van der Waals surface area contributed by atoms with E-state index >= 15 is 0 Å². The number of aryl methyl sites for hydroxylation is 2. The maximum absolute atomic E-state index is 13.5. The molecule has 0 radical (unpaired) electrons. The molecule has 0 aliphatic rings. The molecule has 1 aromatic heterocycles. The number of hydrogen-bond donors (Lipinski definition) is 0. The Balaban J connectivity index is 1.84. The zero-order chi connectivity index (χ0) is 18.8. The van der Waals surface area contributed by atoms with Gasteiger partial charge in [0.15, 0.2) is 5.78 Å². The third-order valence-electron chi connectivity index (χ3n) is 5.23. The number of nitrogens with zero attached hydrogens (tertiary/aromatic N) is 1. The van der Waals surface area contributed by atoms with Crippen LogP contribution in [0.1, 0.15) is 34.3 Å². The molecule has 0 atom stereocenters. The lowest BCUT2D eigenvalue weighted by Gasteiger charge is -2.08. The first-order chi connectivity index (χ1) is 13.2. The van der Waals surface area contributed by atoms with Gasteiger partial charge in [0.1, 0.15) is 0 Å². The molecule has 0 bridgehead atoms. The van der Waals surface area contributed by atoms with Crippen LogP contribution in [0.4, 0.5) is 0 Å². The van der Waals surface area contributed by atoms with E-state index in [0.29, 0.717) is 0 Å². The lowest BCUT2D eigenvalue weighted by atomic mass is 9.95. The number of benzene rings is 3. The summed E-state index contributed by atoms with van der Waals surface area (Å²) in [5, 5.41) is 3.18. The molecule has 0 aliphatic heterocycles. The molecule has 27 heavy (non-hydrogen) atoms. The molecule has 0 amide bonds. The van der Waals surface area contributed by atoms with Gasteiger partial charge in [0.2, 0.25) is 0 Å². The number of carbonyl (C=O) groups excluding carboxylic acids is 1. The Morgan fingerprint density at radius 3 is 2.41 bits per heavy atom. The molecule has 0 fully saturated rings. The van der Waals surface area contributed by atoms with Crippen LogP contribution in [0.2, 0.25) is 0 Å². The number of hydrogen-bond acceptors (Lipinski definition) is 1. The lowest BCUT2D eigenvalue weighted by molar-refractivity contribution is 0.104. The summed E-state index contributed by atoms with van der Waals surface area (Å²) in [5.41, 5.74) is 3.85. The van der Waals surface area contributed by atoms with E-state index in [4.69, 9.17) is 0 Å². The Hall–Kier alpha value is -3.13. The molecule has 4 aromatic rings. The second kappa shape index (κ2) is 7.24. The fraction of sp³-hybridized carbons (Fsp3) is 0.160. The largest absolute Gasteiger partial charge is 0.347 e. The van der Waals surface area contributed by atoms with E-state index in [0.717, 1.165) is 52.2 Å². The van der Waals surface area contributed by atoms with Gasteiger partial charge in [0.25, 0.3) is 0 Å². The van der Waals surface area contributed by atoms with Crippen molar-refractivity contribution >= 4 is 27.5 Å². The van der Waals surface area contributed by atoms with Gasteiger partial charge in [-0.2, -0.15) is 0 Å². The molecule has 0 spiro atoms. The summed E-state index contributed by atoms with van der Waals surface area (Å²) in [6, 6.07) is 20.3. The number of rotatable bonds is 6. The normalized spacial score (nSPS) is 11.1. The third-order valence-corrected chi connectivity index (χ3v) is 5.23. The standard InChI is InChI=1S/C25H23NO/c1-3-4-9-16-26-17-23(21-12-7-8-13-24(21)26)25(27)22-15-14-18(2)19-10-5-6-11-20(19)22/h3,5-8,10-15,17H,1,4,9,16H2,2H3. The minimum Gasteiger partial charge on any atom is -0.347 e. The highest BCUT2D eigenvalue weighted by atomic mass is 16.1. The Kier molecular flexibility index (Phi) is 4.64. The predicted molar refractivity (Wildman–Crippen MR) is 113 cm³/mol. The molecule has 134 valence electrons.